The lowest BCUT2D eigenvalue weighted by Crippen LogP contribution is -2.43. The molecular formula is C17H29NO3S. The summed E-state index contributed by atoms with van der Waals surface area (Å²) in [4.78, 5) is 14.7. The monoisotopic (exact) mass is 327 g/mol. The van der Waals surface area contributed by atoms with E-state index >= 15 is 0 Å². The number of fused-ring (bicyclic) bond motifs is 1. The van der Waals surface area contributed by atoms with Crippen LogP contribution in [0.5, 0.6) is 0 Å². The molecule has 1 aliphatic heterocycles. The van der Waals surface area contributed by atoms with Gasteiger partial charge in [-0.1, -0.05) is 25.7 Å². The number of hydrogen-bond donors (Lipinski definition) is 0. The Balaban J connectivity index is 1.59. The number of nitrogens with zero attached hydrogens (tertiary/aromatic N) is 1. The first-order valence-corrected chi connectivity index (χ1v) is 10.7. The van der Waals surface area contributed by atoms with E-state index in [1.807, 2.05) is 4.90 Å². The average molecular weight is 327 g/mol. The van der Waals surface area contributed by atoms with Gasteiger partial charge in [0.1, 0.15) is 0 Å². The van der Waals surface area contributed by atoms with E-state index in [1.54, 1.807) is 0 Å². The number of carbonyl (C=O) groups excluding carboxylic acids is 1. The van der Waals surface area contributed by atoms with Gasteiger partial charge in [-0.15, -0.1) is 0 Å². The maximum Gasteiger partial charge on any atom is 0.224 e. The van der Waals surface area contributed by atoms with Crippen molar-refractivity contribution in [2.75, 3.05) is 5.75 Å². The summed E-state index contributed by atoms with van der Waals surface area (Å²) in [5.74, 6) is 0.777. The highest BCUT2D eigenvalue weighted by atomic mass is 32.2. The minimum absolute atomic E-state index is 0.0527. The Kier molecular flexibility index (Phi) is 4.81. The van der Waals surface area contributed by atoms with E-state index in [2.05, 4.69) is 6.92 Å². The maximum atomic E-state index is 12.6. The zero-order chi connectivity index (χ0) is 15.7. The predicted molar refractivity (Wildman–Crippen MR) is 87.3 cm³/mol. The molecule has 3 fully saturated rings. The molecule has 0 N–H and O–H groups in total. The number of rotatable bonds is 4. The Morgan fingerprint density at radius 2 is 1.68 bits per heavy atom. The molecule has 22 heavy (non-hydrogen) atoms. The number of likely N-dealkylation sites (tertiary alicyclic amines) is 1. The van der Waals surface area contributed by atoms with Crippen molar-refractivity contribution >= 4 is 15.7 Å². The molecular weight excluding hydrogens is 298 g/mol. The van der Waals surface area contributed by atoms with Crippen molar-refractivity contribution in [2.45, 2.75) is 88.5 Å². The van der Waals surface area contributed by atoms with E-state index in [0.717, 1.165) is 38.5 Å². The minimum Gasteiger partial charge on any atom is -0.337 e. The molecule has 2 aliphatic carbocycles. The summed E-state index contributed by atoms with van der Waals surface area (Å²) >= 11 is 0. The lowest BCUT2D eigenvalue weighted by Gasteiger charge is -2.33. The van der Waals surface area contributed by atoms with Gasteiger partial charge in [0.05, 0.1) is 11.0 Å². The highest BCUT2D eigenvalue weighted by Crippen LogP contribution is 2.39. The van der Waals surface area contributed by atoms with Crippen LogP contribution in [-0.4, -0.2) is 42.3 Å². The first-order chi connectivity index (χ1) is 10.5. The molecule has 3 unspecified atom stereocenters. The summed E-state index contributed by atoms with van der Waals surface area (Å²) in [6, 6.07) is 0.667. The predicted octanol–water partition coefficient (Wildman–Crippen LogP) is 2.91. The SMILES string of the molecule is CC1CC2CCCCC2N1C(=O)CCS(=O)(=O)C1CCCC1. The third-order valence-electron chi connectivity index (χ3n) is 6.04. The number of hydrogen-bond acceptors (Lipinski definition) is 3. The van der Waals surface area contributed by atoms with Crippen molar-refractivity contribution in [1.82, 2.24) is 4.90 Å². The van der Waals surface area contributed by atoms with Crippen molar-refractivity contribution in [1.29, 1.82) is 0 Å². The Morgan fingerprint density at radius 1 is 1.05 bits per heavy atom. The molecule has 0 aromatic rings. The van der Waals surface area contributed by atoms with Crippen LogP contribution < -0.4 is 0 Å². The van der Waals surface area contributed by atoms with E-state index in [4.69, 9.17) is 0 Å². The molecule has 5 heteroatoms. The highest BCUT2D eigenvalue weighted by Gasteiger charge is 2.42. The van der Waals surface area contributed by atoms with Gasteiger partial charge in [-0.3, -0.25) is 4.79 Å². The van der Waals surface area contributed by atoms with Gasteiger partial charge in [0.15, 0.2) is 9.84 Å². The molecule has 2 saturated carbocycles. The first kappa shape index (κ1) is 16.3. The van der Waals surface area contributed by atoms with Gasteiger partial charge in [0.25, 0.3) is 0 Å². The second-order valence-corrected chi connectivity index (χ2v) is 9.92. The maximum absolute atomic E-state index is 12.6. The standard InChI is InChI=1S/C17H29NO3S/c1-13-12-14-6-2-5-9-16(14)18(13)17(19)10-11-22(20,21)15-7-3-4-8-15/h13-16H,2-12H2,1H3. The third kappa shape index (κ3) is 3.19. The highest BCUT2D eigenvalue weighted by molar-refractivity contribution is 7.92. The lowest BCUT2D eigenvalue weighted by atomic mass is 9.85. The van der Waals surface area contributed by atoms with E-state index in [9.17, 15) is 13.2 Å². The van der Waals surface area contributed by atoms with Crippen LogP contribution in [0.4, 0.5) is 0 Å². The average Bonchev–Trinajstić information content (AvgIpc) is 3.12. The number of sulfone groups is 1. The molecule has 4 nitrogen and oxygen atoms in total. The molecule has 3 aliphatic rings. The van der Waals surface area contributed by atoms with E-state index < -0.39 is 9.84 Å². The van der Waals surface area contributed by atoms with Gasteiger partial charge in [0.2, 0.25) is 5.91 Å². The molecule has 0 radical (unpaired) electrons. The molecule has 126 valence electrons. The zero-order valence-electron chi connectivity index (χ0n) is 13.7. The van der Waals surface area contributed by atoms with Gasteiger partial charge < -0.3 is 4.90 Å². The van der Waals surface area contributed by atoms with E-state index in [1.165, 1.54) is 19.3 Å². The van der Waals surface area contributed by atoms with Crippen LogP contribution in [0.15, 0.2) is 0 Å². The molecule has 1 saturated heterocycles. The molecule has 3 atom stereocenters. The van der Waals surface area contributed by atoms with Crippen LogP contribution in [0.1, 0.15) is 71.1 Å². The molecule has 3 rings (SSSR count). The normalized spacial score (nSPS) is 33.1. The van der Waals surface area contributed by atoms with Gasteiger partial charge in [-0.05, 0) is 44.9 Å². The zero-order valence-corrected chi connectivity index (χ0v) is 14.5. The van der Waals surface area contributed by atoms with Crippen LogP contribution >= 0.6 is 0 Å². The second-order valence-electron chi connectivity index (χ2n) is 7.52. The molecule has 1 heterocycles. The Hall–Kier alpha value is -0.580. The van der Waals surface area contributed by atoms with Crippen LogP contribution in [0.3, 0.4) is 0 Å². The molecule has 0 aromatic carbocycles. The van der Waals surface area contributed by atoms with Crippen LogP contribution in [0.25, 0.3) is 0 Å². The fourth-order valence-corrected chi connectivity index (χ4v) is 6.76. The Morgan fingerprint density at radius 3 is 2.41 bits per heavy atom. The molecule has 0 spiro atoms. The summed E-state index contributed by atoms with van der Waals surface area (Å²) in [6.07, 6.45) is 9.75. The third-order valence-corrected chi connectivity index (χ3v) is 8.30. The Bertz CT molecular complexity index is 510. The fourth-order valence-electron chi connectivity index (χ4n) is 4.91. The minimum atomic E-state index is -3.08. The van der Waals surface area contributed by atoms with E-state index in [-0.39, 0.29) is 29.4 Å². The van der Waals surface area contributed by atoms with Crippen LogP contribution in [0, 0.1) is 5.92 Å². The van der Waals surface area contributed by atoms with Crippen molar-refractivity contribution < 1.29 is 13.2 Å². The number of amides is 1. The second kappa shape index (κ2) is 6.50. The summed E-state index contributed by atoms with van der Waals surface area (Å²) in [6.45, 7) is 2.13. The van der Waals surface area contributed by atoms with Crippen LogP contribution in [-0.2, 0) is 14.6 Å². The van der Waals surface area contributed by atoms with Crippen molar-refractivity contribution in [2.24, 2.45) is 5.92 Å². The molecule has 1 amide bonds. The summed E-state index contributed by atoms with van der Waals surface area (Å²) in [5.41, 5.74) is 0. The first-order valence-electron chi connectivity index (χ1n) is 9.02. The summed E-state index contributed by atoms with van der Waals surface area (Å²) in [7, 11) is -3.08. The van der Waals surface area contributed by atoms with Crippen molar-refractivity contribution in [3.05, 3.63) is 0 Å². The molecule has 0 aromatic heterocycles. The summed E-state index contributed by atoms with van der Waals surface area (Å²) < 4.78 is 24.7. The lowest BCUT2D eigenvalue weighted by molar-refractivity contribution is -0.134. The van der Waals surface area contributed by atoms with Gasteiger partial charge in [-0.25, -0.2) is 8.42 Å². The van der Waals surface area contributed by atoms with Gasteiger partial charge >= 0.3 is 0 Å². The smallest absolute Gasteiger partial charge is 0.224 e. The Labute approximate surface area is 134 Å². The fraction of sp³-hybridized carbons (Fsp3) is 0.941. The van der Waals surface area contributed by atoms with Crippen molar-refractivity contribution in [3.63, 3.8) is 0 Å². The van der Waals surface area contributed by atoms with Crippen LogP contribution in [0.2, 0.25) is 0 Å². The molecule has 0 bridgehead atoms. The van der Waals surface area contributed by atoms with Gasteiger partial charge in [0, 0.05) is 18.5 Å². The topological polar surface area (TPSA) is 54.5 Å². The quantitative estimate of drug-likeness (QED) is 0.798. The number of carbonyl (C=O) groups is 1. The van der Waals surface area contributed by atoms with Gasteiger partial charge in [-0.2, -0.15) is 0 Å². The largest absolute Gasteiger partial charge is 0.337 e. The van der Waals surface area contributed by atoms with E-state index in [0.29, 0.717) is 12.0 Å². The summed E-state index contributed by atoms with van der Waals surface area (Å²) in [5, 5.41) is -0.182. The van der Waals surface area contributed by atoms with Crippen molar-refractivity contribution in [3.8, 4) is 0 Å².